The first-order valence-corrected chi connectivity index (χ1v) is 12.4. The van der Waals surface area contributed by atoms with Crippen molar-refractivity contribution in [3.63, 3.8) is 0 Å². The zero-order valence-electron chi connectivity index (χ0n) is 18.8. The summed E-state index contributed by atoms with van der Waals surface area (Å²) in [5.41, 5.74) is 1.13. The third-order valence-corrected chi connectivity index (χ3v) is 8.09. The number of nitrogens with zero attached hydrogens (tertiary/aromatic N) is 2. The fourth-order valence-corrected chi connectivity index (χ4v) is 5.52. The molecule has 1 aliphatic heterocycles. The van der Waals surface area contributed by atoms with Gasteiger partial charge in [0.2, 0.25) is 10.0 Å². The van der Waals surface area contributed by atoms with Crippen molar-refractivity contribution < 1.29 is 22.7 Å². The summed E-state index contributed by atoms with van der Waals surface area (Å²) in [7, 11) is -2.50. The number of benzene rings is 2. The van der Waals surface area contributed by atoms with E-state index in [9.17, 15) is 18.0 Å². The van der Waals surface area contributed by atoms with Gasteiger partial charge in [-0.2, -0.15) is 4.31 Å². The molecular weight excluding hydrogens is 466 g/mol. The minimum atomic E-state index is -3.95. The summed E-state index contributed by atoms with van der Waals surface area (Å²) in [6.45, 7) is 4.26. The van der Waals surface area contributed by atoms with E-state index in [1.807, 2.05) is 37.3 Å². The van der Waals surface area contributed by atoms with Gasteiger partial charge in [0, 0.05) is 38.9 Å². The molecule has 2 amide bonds. The van der Waals surface area contributed by atoms with Gasteiger partial charge < -0.3 is 15.0 Å². The zero-order valence-corrected chi connectivity index (χ0v) is 20.4. The molecule has 0 bridgehead atoms. The lowest BCUT2D eigenvalue weighted by Gasteiger charge is -2.35. The van der Waals surface area contributed by atoms with Crippen LogP contribution in [0.1, 0.15) is 35.8 Å². The number of halogens is 1. The third-order valence-electron chi connectivity index (χ3n) is 5.71. The van der Waals surface area contributed by atoms with Crippen molar-refractivity contribution >= 4 is 33.4 Å². The van der Waals surface area contributed by atoms with E-state index in [1.165, 1.54) is 29.6 Å². The average molecular weight is 494 g/mol. The van der Waals surface area contributed by atoms with Gasteiger partial charge in [0.15, 0.2) is 0 Å². The summed E-state index contributed by atoms with van der Waals surface area (Å²) in [6.07, 6.45) is -0.587. The molecule has 0 aliphatic carbocycles. The highest BCUT2D eigenvalue weighted by atomic mass is 35.5. The molecule has 10 heteroatoms. The lowest BCUT2D eigenvalue weighted by molar-refractivity contribution is -0.142. The number of carbonyl (C=O) groups excluding carboxylic acids is 2. The Morgan fingerprint density at radius 3 is 2.27 bits per heavy atom. The van der Waals surface area contributed by atoms with Crippen molar-refractivity contribution in [1.82, 2.24) is 14.5 Å². The van der Waals surface area contributed by atoms with Crippen molar-refractivity contribution in [2.24, 2.45) is 0 Å². The molecule has 1 N–H and O–H groups in total. The normalized spacial score (nSPS) is 16.8. The molecule has 1 fully saturated rings. The molecule has 0 unspecified atom stereocenters. The van der Waals surface area contributed by atoms with Gasteiger partial charge in [-0.3, -0.25) is 9.59 Å². The van der Waals surface area contributed by atoms with Gasteiger partial charge in [-0.25, -0.2) is 8.42 Å². The SMILES string of the molecule is CO[C@@H](C)C(=O)N1CCN(S(=O)(=O)c2cc(C(=O)N[C@H](C)c3ccccc3)ccc2Cl)CC1. The third kappa shape index (κ3) is 5.73. The highest BCUT2D eigenvalue weighted by molar-refractivity contribution is 7.89. The molecule has 1 heterocycles. The van der Waals surface area contributed by atoms with Gasteiger partial charge in [0.25, 0.3) is 11.8 Å². The lowest BCUT2D eigenvalue weighted by Crippen LogP contribution is -2.52. The molecule has 0 aromatic heterocycles. The van der Waals surface area contributed by atoms with E-state index in [0.717, 1.165) is 5.56 Å². The van der Waals surface area contributed by atoms with Gasteiger partial charge in [-0.15, -0.1) is 0 Å². The first kappa shape index (κ1) is 25.2. The zero-order chi connectivity index (χ0) is 24.2. The summed E-state index contributed by atoms with van der Waals surface area (Å²) in [6, 6.07) is 13.4. The van der Waals surface area contributed by atoms with Crippen LogP contribution >= 0.6 is 11.6 Å². The minimum Gasteiger partial charge on any atom is -0.372 e. The smallest absolute Gasteiger partial charge is 0.251 e. The molecule has 2 aromatic carbocycles. The van der Waals surface area contributed by atoms with Crippen LogP contribution in [0.4, 0.5) is 0 Å². The molecule has 2 atom stereocenters. The van der Waals surface area contributed by atoms with Gasteiger partial charge in [0.1, 0.15) is 11.0 Å². The summed E-state index contributed by atoms with van der Waals surface area (Å²) >= 11 is 6.23. The number of piperazine rings is 1. The second kappa shape index (κ2) is 10.6. The number of hydrogen-bond acceptors (Lipinski definition) is 5. The van der Waals surface area contributed by atoms with Crippen LogP contribution in [-0.2, 0) is 19.6 Å². The monoisotopic (exact) mass is 493 g/mol. The predicted octanol–water partition coefficient (Wildman–Crippen LogP) is 2.70. The molecular formula is C23H28ClN3O5S. The van der Waals surface area contributed by atoms with Crippen LogP contribution in [0.5, 0.6) is 0 Å². The quantitative estimate of drug-likeness (QED) is 0.639. The molecule has 1 aliphatic rings. The van der Waals surface area contributed by atoms with Crippen LogP contribution in [0, 0.1) is 0 Å². The van der Waals surface area contributed by atoms with Crippen molar-refractivity contribution in [2.75, 3.05) is 33.3 Å². The summed E-state index contributed by atoms with van der Waals surface area (Å²) < 4.78 is 32.9. The fourth-order valence-electron chi connectivity index (χ4n) is 3.59. The lowest BCUT2D eigenvalue weighted by atomic mass is 10.1. The van der Waals surface area contributed by atoms with E-state index in [4.69, 9.17) is 16.3 Å². The number of sulfonamides is 1. The van der Waals surface area contributed by atoms with Crippen LogP contribution < -0.4 is 5.32 Å². The number of methoxy groups -OCH3 is 1. The number of amides is 2. The van der Waals surface area contributed by atoms with E-state index in [1.54, 1.807) is 11.8 Å². The number of hydrogen-bond donors (Lipinski definition) is 1. The Kier molecular flexibility index (Phi) is 8.12. The Labute approximate surface area is 199 Å². The molecule has 1 saturated heterocycles. The molecule has 178 valence electrons. The highest BCUT2D eigenvalue weighted by Crippen LogP contribution is 2.27. The molecule has 3 rings (SSSR count). The average Bonchev–Trinajstić information content (AvgIpc) is 2.83. The van der Waals surface area contributed by atoms with E-state index in [-0.39, 0.29) is 53.6 Å². The Morgan fingerprint density at radius 1 is 1.03 bits per heavy atom. The number of nitrogens with one attached hydrogen (secondary N) is 1. The van der Waals surface area contributed by atoms with Crippen molar-refractivity contribution in [3.05, 3.63) is 64.7 Å². The number of ether oxygens (including phenoxy) is 1. The van der Waals surface area contributed by atoms with Crippen LogP contribution in [-0.4, -0.2) is 68.8 Å². The van der Waals surface area contributed by atoms with Crippen LogP contribution in [0.2, 0.25) is 5.02 Å². The highest BCUT2D eigenvalue weighted by Gasteiger charge is 2.33. The maximum Gasteiger partial charge on any atom is 0.251 e. The molecule has 0 radical (unpaired) electrons. The number of carbonyl (C=O) groups is 2. The van der Waals surface area contributed by atoms with Crippen molar-refractivity contribution in [1.29, 1.82) is 0 Å². The Bertz CT molecular complexity index is 1100. The van der Waals surface area contributed by atoms with E-state index >= 15 is 0 Å². The fraction of sp³-hybridized carbons (Fsp3) is 0.391. The number of rotatable bonds is 7. The van der Waals surface area contributed by atoms with E-state index < -0.39 is 22.0 Å². The Balaban J connectivity index is 1.74. The van der Waals surface area contributed by atoms with Gasteiger partial charge >= 0.3 is 0 Å². The predicted molar refractivity (Wildman–Crippen MR) is 126 cm³/mol. The summed E-state index contributed by atoms with van der Waals surface area (Å²) in [5, 5.41) is 2.91. The van der Waals surface area contributed by atoms with Gasteiger partial charge in [-0.1, -0.05) is 41.9 Å². The van der Waals surface area contributed by atoms with E-state index in [0.29, 0.717) is 0 Å². The van der Waals surface area contributed by atoms with Gasteiger partial charge in [0.05, 0.1) is 11.1 Å². The van der Waals surface area contributed by atoms with Crippen molar-refractivity contribution in [3.8, 4) is 0 Å². The maximum atomic E-state index is 13.3. The Hall–Kier alpha value is -2.46. The first-order chi connectivity index (χ1) is 15.6. The summed E-state index contributed by atoms with van der Waals surface area (Å²) in [5.74, 6) is -0.581. The first-order valence-electron chi connectivity index (χ1n) is 10.6. The molecule has 33 heavy (non-hydrogen) atoms. The van der Waals surface area contributed by atoms with Crippen LogP contribution in [0.15, 0.2) is 53.4 Å². The molecule has 8 nitrogen and oxygen atoms in total. The topological polar surface area (TPSA) is 96.0 Å². The van der Waals surface area contributed by atoms with Gasteiger partial charge in [-0.05, 0) is 37.6 Å². The minimum absolute atomic E-state index is 0.0363. The molecule has 0 spiro atoms. The Morgan fingerprint density at radius 2 is 1.67 bits per heavy atom. The van der Waals surface area contributed by atoms with Crippen LogP contribution in [0.25, 0.3) is 0 Å². The largest absolute Gasteiger partial charge is 0.372 e. The van der Waals surface area contributed by atoms with Crippen molar-refractivity contribution in [2.45, 2.75) is 30.9 Å². The maximum absolute atomic E-state index is 13.3. The standard InChI is InChI=1S/C23H28ClN3O5S/c1-16(18-7-5-4-6-8-18)25-22(28)19-9-10-20(24)21(15-19)33(30,31)27-13-11-26(12-14-27)23(29)17(2)32-3/h4-10,15-17H,11-14H2,1-3H3,(H,25,28)/t16-,17+/m1/s1. The second-order valence-electron chi connectivity index (χ2n) is 7.86. The molecule has 2 aromatic rings. The van der Waals surface area contributed by atoms with E-state index in [2.05, 4.69) is 5.32 Å². The summed E-state index contributed by atoms with van der Waals surface area (Å²) in [4.78, 5) is 26.5. The second-order valence-corrected chi connectivity index (χ2v) is 10.2. The van der Waals surface area contributed by atoms with Crippen LogP contribution in [0.3, 0.4) is 0 Å². The molecule has 0 saturated carbocycles.